The van der Waals surface area contributed by atoms with Crippen LogP contribution in [0.1, 0.15) is 12.5 Å². The fourth-order valence-electron chi connectivity index (χ4n) is 2.60. The number of ether oxygens (including phenoxy) is 2. The number of esters is 1. The molecule has 1 N–H and O–H groups in total. The Kier molecular flexibility index (Phi) is 5.92. The molecular formula is C21H18FNO6. The molecule has 0 saturated heterocycles. The van der Waals surface area contributed by atoms with Gasteiger partial charge in [0.05, 0.1) is 0 Å². The normalized spacial score (nSPS) is 11.7. The third-order valence-electron chi connectivity index (χ3n) is 4.07. The Balaban J connectivity index is 1.55. The van der Waals surface area contributed by atoms with E-state index in [4.69, 9.17) is 13.9 Å². The van der Waals surface area contributed by atoms with Gasteiger partial charge in [-0.05, 0) is 55.8 Å². The summed E-state index contributed by atoms with van der Waals surface area (Å²) in [4.78, 5) is 35.5. The van der Waals surface area contributed by atoms with Gasteiger partial charge in [-0.1, -0.05) is 0 Å². The Morgan fingerprint density at radius 1 is 1.14 bits per heavy atom. The quantitative estimate of drug-likeness (QED) is 0.505. The topological polar surface area (TPSA) is 94.8 Å². The minimum atomic E-state index is -1.08. The lowest BCUT2D eigenvalue weighted by molar-refractivity contribution is -0.155. The lowest BCUT2D eigenvalue weighted by Gasteiger charge is -2.14. The molecule has 1 atom stereocenters. The summed E-state index contributed by atoms with van der Waals surface area (Å²) in [7, 11) is 0. The van der Waals surface area contributed by atoms with Crippen LogP contribution in [0.15, 0.2) is 57.7 Å². The SMILES string of the molecule is Cc1cc(=O)oc2cc(OCC(=O)O[C@H](C)C(=O)Nc3ccc(F)cc3)ccc12. The van der Waals surface area contributed by atoms with E-state index in [0.717, 1.165) is 10.9 Å². The number of rotatable bonds is 6. The summed E-state index contributed by atoms with van der Waals surface area (Å²) in [6.45, 7) is 2.76. The van der Waals surface area contributed by atoms with Crippen LogP contribution in [0, 0.1) is 12.7 Å². The summed E-state index contributed by atoms with van der Waals surface area (Å²) in [6, 6.07) is 11.4. The first-order valence-corrected chi connectivity index (χ1v) is 8.75. The third-order valence-corrected chi connectivity index (χ3v) is 4.07. The number of halogens is 1. The third kappa shape index (κ3) is 5.19. The van der Waals surface area contributed by atoms with Crippen molar-refractivity contribution in [3.8, 4) is 5.75 Å². The molecule has 8 heteroatoms. The highest BCUT2D eigenvalue weighted by atomic mass is 19.1. The highest BCUT2D eigenvalue weighted by Crippen LogP contribution is 2.22. The fraction of sp³-hybridized carbons (Fsp3) is 0.190. The average Bonchev–Trinajstić information content (AvgIpc) is 2.67. The number of amides is 1. The van der Waals surface area contributed by atoms with Gasteiger partial charge in [-0.3, -0.25) is 4.79 Å². The van der Waals surface area contributed by atoms with E-state index < -0.39 is 36.0 Å². The smallest absolute Gasteiger partial charge is 0.344 e. The second-order valence-corrected chi connectivity index (χ2v) is 6.32. The van der Waals surface area contributed by atoms with Crippen LogP contribution >= 0.6 is 0 Å². The largest absolute Gasteiger partial charge is 0.482 e. The summed E-state index contributed by atoms with van der Waals surface area (Å²) >= 11 is 0. The van der Waals surface area contributed by atoms with Gasteiger partial charge >= 0.3 is 11.6 Å². The molecule has 3 aromatic rings. The summed E-state index contributed by atoms with van der Waals surface area (Å²) in [5, 5.41) is 3.27. The van der Waals surface area contributed by atoms with Gasteiger partial charge in [0.25, 0.3) is 5.91 Å². The van der Waals surface area contributed by atoms with Crippen LogP contribution in [0.2, 0.25) is 0 Å². The average molecular weight is 399 g/mol. The Morgan fingerprint density at radius 3 is 2.59 bits per heavy atom. The van der Waals surface area contributed by atoms with Gasteiger partial charge in [0.2, 0.25) is 0 Å². The lowest BCUT2D eigenvalue weighted by atomic mass is 10.1. The molecule has 0 aliphatic carbocycles. The van der Waals surface area contributed by atoms with Gasteiger partial charge in [0.1, 0.15) is 17.1 Å². The standard InChI is InChI=1S/C21H18FNO6/c1-12-9-19(24)29-18-10-16(7-8-17(12)18)27-11-20(25)28-13(2)21(26)23-15-5-3-14(22)4-6-15/h3-10,13H,11H2,1-2H3,(H,23,26)/t13-/m1/s1. The van der Waals surface area contributed by atoms with Crippen LogP contribution in [0.5, 0.6) is 5.75 Å². The van der Waals surface area contributed by atoms with Crippen molar-refractivity contribution in [1.82, 2.24) is 0 Å². The van der Waals surface area contributed by atoms with E-state index in [1.165, 1.54) is 43.3 Å². The second-order valence-electron chi connectivity index (χ2n) is 6.32. The Labute approximate surface area is 165 Å². The van der Waals surface area contributed by atoms with Crippen molar-refractivity contribution in [2.24, 2.45) is 0 Å². The van der Waals surface area contributed by atoms with Crippen molar-refractivity contribution in [3.63, 3.8) is 0 Å². The summed E-state index contributed by atoms with van der Waals surface area (Å²) in [5.41, 5.74) is 1.01. The molecular weight excluding hydrogens is 381 g/mol. The summed E-state index contributed by atoms with van der Waals surface area (Å²) in [6.07, 6.45) is -1.08. The van der Waals surface area contributed by atoms with E-state index in [2.05, 4.69) is 5.32 Å². The van der Waals surface area contributed by atoms with Crippen LogP contribution < -0.4 is 15.7 Å². The molecule has 1 amide bonds. The number of hydrogen-bond acceptors (Lipinski definition) is 6. The highest BCUT2D eigenvalue weighted by molar-refractivity contribution is 5.95. The van der Waals surface area contributed by atoms with Crippen LogP contribution in [0.25, 0.3) is 11.0 Å². The van der Waals surface area contributed by atoms with E-state index in [1.54, 1.807) is 19.1 Å². The lowest BCUT2D eigenvalue weighted by Crippen LogP contribution is -2.31. The molecule has 0 spiro atoms. The van der Waals surface area contributed by atoms with Crippen LogP contribution in [-0.4, -0.2) is 24.6 Å². The number of nitrogens with one attached hydrogen (secondary N) is 1. The first kappa shape index (κ1) is 20.1. The molecule has 0 aliphatic heterocycles. The molecule has 0 aliphatic rings. The zero-order valence-electron chi connectivity index (χ0n) is 15.7. The Hall–Kier alpha value is -3.68. The van der Waals surface area contributed by atoms with Crippen molar-refractivity contribution in [1.29, 1.82) is 0 Å². The predicted molar refractivity (Wildman–Crippen MR) is 103 cm³/mol. The molecule has 2 aromatic carbocycles. The van der Waals surface area contributed by atoms with E-state index in [-0.39, 0.29) is 0 Å². The maximum Gasteiger partial charge on any atom is 0.344 e. The van der Waals surface area contributed by atoms with Crippen LogP contribution in [-0.2, 0) is 14.3 Å². The molecule has 1 heterocycles. The number of carbonyl (C=O) groups is 2. The van der Waals surface area contributed by atoms with Gasteiger partial charge in [0, 0.05) is 23.2 Å². The molecule has 29 heavy (non-hydrogen) atoms. The molecule has 3 rings (SSSR count). The Bertz CT molecular complexity index is 1110. The van der Waals surface area contributed by atoms with E-state index in [1.807, 2.05) is 0 Å². The van der Waals surface area contributed by atoms with E-state index in [0.29, 0.717) is 17.0 Å². The maximum atomic E-state index is 12.9. The van der Waals surface area contributed by atoms with Crippen molar-refractivity contribution >= 4 is 28.5 Å². The number of carbonyl (C=O) groups excluding carboxylic acids is 2. The minimum Gasteiger partial charge on any atom is -0.482 e. The number of fused-ring (bicyclic) bond motifs is 1. The zero-order chi connectivity index (χ0) is 21.0. The molecule has 7 nitrogen and oxygen atoms in total. The second kappa shape index (κ2) is 8.55. The van der Waals surface area contributed by atoms with Gasteiger partial charge in [-0.2, -0.15) is 0 Å². The van der Waals surface area contributed by atoms with Gasteiger partial charge in [-0.25, -0.2) is 14.0 Å². The zero-order valence-corrected chi connectivity index (χ0v) is 15.7. The maximum absolute atomic E-state index is 12.9. The molecule has 0 saturated carbocycles. The fourth-order valence-corrected chi connectivity index (χ4v) is 2.60. The van der Waals surface area contributed by atoms with Crippen molar-refractivity contribution in [2.45, 2.75) is 20.0 Å². The highest BCUT2D eigenvalue weighted by Gasteiger charge is 2.18. The van der Waals surface area contributed by atoms with Crippen molar-refractivity contribution in [2.75, 3.05) is 11.9 Å². The van der Waals surface area contributed by atoms with E-state index >= 15 is 0 Å². The van der Waals surface area contributed by atoms with E-state index in [9.17, 15) is 18.8 Å². The monoisotopic (exact) mass is 399 g/mol. The van der Waals surface area contributed by atoms with Crippen molar-refractivity contribution in [3.05, 3.63) is 70.3 Å². The van der Waals surface area contributed by atoms with Gasteiger partial charge < -0.3 is 19.2 Å². The number of benzene rings is 2. The first-order chi connectivity index (χ1) is 13.8. The summed E-state index contributed by atoms with van der Waals surface area (Å²) in [5.74, 6) is -1.43. The van der Waals surface area contributed by atoms with Crippen LogP contribution in [0.4, 0.5) is 10.1 Å². The molecule has 0 unspecified atom stereocenters. The van der Waals surface area contributed by atoms with Gasteiger partial charge in [-0.15, -0.1) is 0 Å². The predicted octanol–water partition coefficient (Wildman–Crippen LogP) is 3.19. The molecule has 0 bridgehead atoms. The Morgan fingerprint density at radius 2 is 1.86 bits per heavy atom. The molecule has 150 valence electrons. The molecule has 0 radical (unpaired) electrons. The number of aryl methyl sites for hydroxylation is 1. The minimum absolute atomic E-state index is 0.312. The first-order valence-electron chi connectivity index (χ1n) is 8.75. The number of hydrogen-bond donors (Lipinski definition) is 1. The van der Waals surface area contributed by atoms with Gasteiger partial charge in [0.15, 0.2) is 12.7 Å². The molecule has 1 aromatic heterocycles. The summed E-state index contributed by atoms with van der Waals surface area (Å²) < 4.78 is 28.4. The van der Waals surface area contributed by atoms with Crippen LogP contribution in [0.3, 0.4) is 0 Å². The van der Waals surface area contributed by atoms with Crippen molar-refractivity contribution < 1.29 is 27.9 Å². The molecule has 0 fully saturated rings. The number of anilines is 1.